The van der Waals surface area contributed by atoms with E-state index in [1.54, 1.807) is 23.9 Å². The Morgan fingerprint density at radius 1 is 1.64 bits per heavy atom. The molecule has 22 heavy (non-hydrogen) atoms. The summed E-state index contributed by atoms with van der Waals surface area (Å²) in [5.74, 6) is -0.763. The molecule has 1 heterocycles. The quantitative estimate of drug-likeness (QED) is 0.647. The van der Waals surface area contributed by atoms with Gasteiger partial charge in [-0.05, 0) is 25.1 Å². The molecule has 116 valence electrons. The maximum atomic E-state index is 13.1. The average molecular weight is 341 g/mol. The number of hydrogen-bond donors (Lipinski definition) is 1. The van der Waals surface area contributed by atoms with Gasteiger partial charge in [-0.3, -0.25) is 4.79 Å². The first kappa shape index (κ1) is 16.5. The molecule has 0 bridgehead atoms. The number of aromatic nitrogens is 3. The minimum absolute atomic E-state index is 0.0381. The predicted octanol–water partition coefficient (Wildman–Crippen LogP) is 3.38. The number of allylic oxidation sites excluding steroid dienone is 1. The Bertz CT molecular complexity index is 691. The molecule has 1 atom stereocenters. The zero-order valence-electron chi connectivity index (χ0n) is 11.8. The van der Waals surface area contributed by atoms with Crippen molar-refractivity contribution >= 4 is 35.0 Å². The lowest BCUT2D eigenvalue weighted by molar-refractivity contribution is -0.115. The zero-order chi connectivity index (χ0) is 16.1. The Kier molecular flexibility index (Phi) is 5.57. The van der Waals surface area contributed by atoms with E-state index in [1.807, 2.05) is 0 Å². The number of rotatable bonds is 6. The van der Waals surface area contributed by atoms with Crippen molar-refractivity contribution in [1.82, 2.24) is 14.8 Å². The molecule has 1 aromatic carbocycles. The third-order valence-electron chi connectivity index (χ3n) is 2.74. The third-order valence-corrected chi connectivity index (χ3v) is 4.13. The molecule has 8 heteroatoms. The molecule has 1 unspecified atom stereocenters. The van der Waals surface area contributed by atoms with E-state index in [0.29, 0.717) is 17.4 Å². The highest BCUT2D eigenvalue weighted by atomic mass is 35.5. The number of hydrogen-bond acceptors (Lipinski definition) is 4. The fourth-order valence-electron chi connectivity index (χ4n) is 1.63. The fourth-order valence-corrected chi connectivity index (χ4v) is 2.64. The highest BCUT2D eigenvalue weighted by Crippen LogP contribution is 2.24. The van der Waals surface area contributed by atoms with Gasteiger partial charge < -0.3 is 9.88 Å². The van der Waals surface area contributed by atoms with Crippen LogP contribution >= 0.6 is 23.4 Å². The van der Waals surface area contributed by atoms with Crippen molar-refractivity contribution in [2.24, 2.45) is 0 Å². The van der Waals surface area contributed by atoms with Crippen molar-refractivity contribution in [3.63, 3.8) is 0 Å². The molecule has 0 saturated heterocycles. The molecule has 1 N–H and O–H groups in total. The molecule has 0 radical (unpaired) electrons. The molecular weight excluding hydrogens is 327 g/mol. The number of thioether (sulfide) groups is 1. The minimum atomic E-state index is -0.528. The lowest BCUT2D eigenvalue weighted by Crippen LogP contribution is -2.23. The van der Waals surface area contributed by atoms with Crippen molar-refractivity contribution in [3.8, 4) is 0 Å². The van der Waals surface area contributed by atoms with Crippen molar-refractivity contribution in [3.05, 3.63) is 48.0 Å². The summed E-state index contributed by atoms with van der Waals surface area (Å²) in [6.07, 6.45) is 3.30. The first-order chi connectivity index (χ1) is 10.5. The van der Waals surface area contributed by atoms with Crippen LogP contribution in [0.15, 0.2) is 42.3 Å². The molecule has 0 aliphatic carbocycles. The lowest BCUT2D eigenvalue weighted by Gasteiger charge is -2.12. The van der Waals surface area contributed by atoms with Crippen LogP contribution in [0, 0.1) is 5.82 Å². The predicted molar refractivity (Wildman–Crippen MR) is 85.6 cm³/mol. The summed E-state index contributed by atoms with van der Waals surface area (Å²) in [7, 11) is 0. The number of nitrogens with zero attached hydrogens (tertiary/aromatic N) is 3. The van der Waals surface area contributed by atoms with Gasteiger partial charge in [0.1, 0.15) is 12.1 Å². The van der Waals surface area contributed by atoms with Crippen LogP contribution in [-0.2, 0) is 11.3 Å². The van der Waals surface area contributed by atoms with Gasteiger partial charge in [-0.25, -0.2) is 4.39 Å². The highest BCUT2D eigenvalue weighted by Gasteiger charge is 2.18. The van der Waals surface area contributed by atoms with Gasteiger partial charge in [0.15, 0.2) is 5.16 Å². The number of carbonyl (C=O) groups is 1. The molecule has 0 aliphatic rings. The SMILES string of the molecule is C=CCn1cnnc1SC(C)C(=O)Nc1ccc(F)c(Cl)c1. The van der Waals surface area contributed by atoms with E-state index in [-0.39, 0.29) is 10.9 Å². The van der Waals surface area contributed by atoms with Crippen LogP contribution in [0.25, 0.3) is 0 Å². The van der Waals surface area contributed by atoms with Gasteiger partial charge in [0.25, 0.3) is 0 Å². The van der Waals surface area contributed by atoms with Gasteiger partial charge in [-0.1, -0.05) is 29.4 Å². The van der Waals surface area contributed by atoms with Gasteiger partial charge in [-0.2, -0.15) is 0 Å². The van der Waals surface area contributed by atoms with Gasteiger partial charge >= 0.3 is 0 Å². The van der Waals surface area contributed by atoms with E-state index in [2.05, 4.69) is 22.1 Å². The summed E-state index contributed by atoms with van der Waals surface area (Å²) in [6, 6.07) is 4.03. The Morgan fingerprint density at radius 3 is 3.09 bits per heavy atom. The summed E-state index contributed by atoms with van der Waals surface area (Å²) >= 11 is 6.96. The van der Waals surface area contributed by atoms with Crippen LogP contribution in [0.3, 0.4) is 0 Å². The number of amides is 1. The van der Waals surface area contributed by atoms with Crippen LogP contribution in [0.4, 0.5) is 10.1 Å². The Labute approximate surface area is 136 Å². The number of benzene rings is 1. The number of nitrogens with one attached hydrogen (secondary N) is 1. The van der Waals surface area contributed by atoms with E-state index < -0.39 is 11.1 Å². The average Bonchev–Trinajstić information content (AvgIpc) is 2.90. The van der Waals surface area contributed by atoms with Crippen LogP contribution in [0.2, 0.25) is 5.02 Å². The number of halogens is 2. The Hall–Kier alpha value is -1.86. The monoisotopic (exact) mass is 340 g/mol. The third kappa shape index (κ3) is 4.08. The first-order valence-electron chi connectivity index (χ1n) is 6.42. The van der Waals surface area contributed by atoms with Crippen molar-refractivity contribution in [2.45, 2.75) is 23.9 Å². The van der Waals surface area contributed by atoms with Gasteiger partial charge in [0, 0.05) is 12.2 Å². The van der Waals surface area contributed by atoms with Crippen molar-refractivity contribution in [2.75, 3.05) is 5.32 Å². The Balaban J connectivity index is 2.01. The van der Waals surface area contributed by atoms with E-state index in [1.165, 1.54) is 30.0 Å². The largest absolute Gasteiger partial charge is 0.325 e. The summed E-state index contributed by atoms with van der Waals surface area (Å²) in [6.45, 7) is 5.97. The van der Waals surface area contributed by atoms with Gasteiger partial charge in [0.2, 0.25) is 5.91 Å². The molecule has 1 aromatic heterocycles. The molecule has 2 aromatic rings. The second-order valence-electron chi connectivity index (χ2n) is 4.43. The van der Waals surface area contributed by atoms with Crippen LogP contribution in [-0.4, -0.2) is 25.9 Å². The van der Waals surface area contributed by atoms with Gasteiger partial charge in [0.05, 0.1) is 10.3 Å². The molecule has 0 saturated carbocycles. The second kappa shape index (κ2) is 7.42. The summed E-state index contributed by atoms with van der Waals surface area (Å²) < 4.78 is 14.9. The summed E-state index contributed by atoms with van der Waals surface area (Å²) in [5.41, 5.74) is 0.441. The molecular formula is C14H14ClFN4OS. The highest BCUT2D eigenvalue weighted by molar-refractivity contribution is 8.00. The van der Waals surface area contributed by atoms with E-state index in [0.717, 1.165) is 0 Å². The van der Waals surface area contributed by atoms with Gasteiger partial charge in [-0.15, -0.1) is 16.8 Å². The van der Waals surface area contributed by atoms with Crippen molar-refractivity contribution in [1.29, 1.82) is 0 Å². The second-order valence-corrected chi connectivity index (χ2v) is 6.15. The molecule has 0 spiro atoms. The molecule has 0 fully saturated rings. The van der Waals surface area contributed by atoms with Crippen LogP contribution in [0.5, 0.6) is 0 Å². The molecule has 2 rings (SSSR count). The Morgan fingerprint density at radius 2 is 2.41 bits per heavy atom. The topological polar surface area (TPSA) is 59.8 Å². The van der Waals surface area contributed by atoms with Crippen LogP contribution < -0.4 is 5.32 Å². The molecule has 1 amide bonds. The molecule has 5 nitrogen and oxygen atoms in total. The smallest absolute Gasteiger partial charge is 0.237 e. The van der Waals surface area contributed by atoms with E-state index in [4.69, 9.17) is 11.6 Å². The van der Waals surface area contributed by atoms with E-state index in [9.17, 15) is 9.18 Å². The number of anilines is 1. The van der Waals surface area contributed by atoms with E-state index >= 15 is 0 Å². The first-order valence-corrected chi connectivity index (χ1v) is 7.68. The van der Waals surface area contributed by atoms with Crippen LogP contribution in [0.1, 0.15) is 6.92 Å². The number of carbonyl (C=O) groups excluding carboxylic acids is 1. The van der Waals surface area contributed by atoms with Crippen molar-refractivity contribution < 1.29 is 9.18 Å². The summed E-state index contributed by atoms with van der Waals surface area (Å²) in [4.78, 5) is 12.2. The lowest BCUT2D eigenvalue weighted by atomic mass is 10.3. The fraction of sp³-hybridized carbons (Fsp3) is 0.214. The summed E-state index contributed by atoms with van der Waals surface area (Å²) in [5, 5.41) is 10.6. The molecule has 0 aliphatic heterocycles. The standard InChI is InChI=1S/C14H14ClFN4OS/c1-3-6-20-8-17-19-14(20)22-9(2)13(21)18-10-4-5-12(16)11(15)7-10/h3-5,7-9H,1,6H2,2H3,(H,18,21). The maximum absolute atomic E-state index is 13.1. The minimum Gasteiger partial charge on any atom is -0.325 e. The normalized spacial score (nSPS) is 12.0. The maximum Gasteiger partial charge on any atom is 0.237 e. The zero-order valence-corrected chi connectivity index (χ0v) is 13.4.